The number of methoxy groups -OCH3 is 1. The number of ether oxygens (including phenoxy) is 2. The third kappa shape index (κ3) is 5.24. The molecule has 0 aromatic heterocycles. The Bertz CT molecular complexity index is 740. The van der Waals surface area contributed by atoms with E-state index in [1.54, 1.807) is 60.5 Å². The van der Waals surface area contributed by atoms with Crippen LogP contribution in [0, 0.1) is 0 Å². The molecule has 2 rings (SSSR count). The van der Waals surface area contributed by atoms with Gasteiger partial charge in [-0.1, -0.05) is 6.07 Å². The summed E-state index contributed by atoms with van der Waals surface area (Å²) < 4.78 is 10.6. The van der Waals surface area contributed by atoms with E-state index in [2.05, 4.69) is 5.32 Å². The fourth-order valence-corrected chi connectivity index (χ4v) is 2.43. The van der Waals surface area contributed by atoms with Gasteiger partial charge in [0.1, 0.15) is 11.5 Å². The molecule has 0 aliphatic rings. The predicted molar refractivity (Wildman–Crippen MR) is 101 cm³/mol. The van der Waals surface area contributed by atoms with Crippen molar-refractivity contribution >= 4 is 17.5 Å². The second-order valence-electron chi connectivity index (χ2n) is 5.57. The summed E-state index contributed by atoms with van der Waals surface area (Å²) in [6.45, 7) is 5.09. The first-order valence-corrected chi connectivity index (χ1v) is 8.53. The number of benzene rings is 2. The molecule has 0 radical (unpaired) electrons. The molecule has 6 heteroatoms. The summed E-state index contributed by atoms with van der Waals surface area (Å²) in [6, 6.07) is 13.9. The lowest BCUT2D eigenvalue weighted by Gasteiger charge is -2.18. The van der Waals surface area contributed by atoms with Gasteiger partial charge in [-0.25, -0.2) is 0 Å². The molecule has 0 saturated heterocycles. The van der Waals surface area contributed by atoms with Gasteiger partial charge in [-0.2, -0.15) is 0 Å². The minimum Gasteiger partial charge on any atom is -0.497 e. The van der Waals surface area contributed by atoms with Crippen molar-refractivity contribution in [2.45, 2.75) is 13.8 Å². The number of carbonyl (C=O) groups excluding carboxylic acids is 2. The third-order valence-electron chi connectivity index (χ3n) is 3.88. The van der Waals surface area contributed by atoms with Crippen molar-refractivity contribution in [3.63, 3.8) is 0 Å². The summed E-state index contributed by atoms with van der Waals surface area (Å²) in [5.74, 6) is 0.918. The minimum absolute atomic E-state index is 0.0192. The van der Waals surface area contributed by atoms with E-state index in [0.717, 1.165) is 0 Å². The zero-order chi connectivity index (χ0) is 18.9. The SMILES string of the molecule is CCN(CC)C(=O)c1ccc(NC(=O)COc2cccc(OC)c2)cc1. The molecule has 0 atom stereocenters. The number of hydrogen-bond acceptors (Lipinski definition) is 4. The number of rotatable bonds is 8. The second kappa shape index (κ2) is 9.46. The van der Waals surface area contributed by atoms with Gasteiger partial charge in [0.15, 0.2) is 6.61 Å². The van der Waals surface area contributed by atoms with Crippen LogP contribution in [-0.2, 0) is 4.79 Å². The highest BCUT2D eigenvalue weighted by molar-refractivity contribution is 5.96. The molecule has 6 nitrogen and oxygen atoms in total. The van der Waals surface area contributed by atoms with Gasteiger partial charge < -0.3 is 19.7 Å². The number of amides is 2. The van der Waals surface area contributed by atoms with Crippen LogP contribution in [0.2, 0.25) is 0 Å². The average molecular weight is 356 g/mol. The van der Waals surface area contributed by atoms with Crippen LogP contribution in [-0.4, -0.2) is 43.5 Å². The monoisotopic (exact) mass is 356 g/mol. The lowest BCUT2D eigenvalue weighted by molar-refractivity contribution is -0.118. The molecular formula is C20H24N2O4. The number of nitrogens with zero attached hydrogens (tertiary/aromatic N) is 1. The van der Waals surface area contributed by atoms with Crippen LogP contribution in [0.25, 0.3) is 0 Å². The van der Waals surface area contributed by atoms with Gasteiger partial charge in [-0.05, 0) is 50.2 Å². The van der Waals surface area contributed by atoms with Gasteiger partial charge in [-0.15, -0.1) is 0 Å². The molecule has 0 heterocycles. The maximum absolute atomic E-state index is 12.3. The highest BCUT2D eigenvalue weighted by atomic mass is 16.5. The first-order valence-electron chi connectivity index (χ1n) is 8.53. The van der Waals surface area contributed by atoms with Crippen molar-refractivity contribution in [3.05, 3.63) is 54.1 Å². The van der Waals surface area contributed by atoms with E-state index < -0.39 is 0 Å². The van der Waals surface area contributed by atoms with Crippen LogP contribution in [0.3, 0.4) is 0 Å². The fraction of sp³-hybridized carbons (Fsp3) is 0.300. The zero-order valence-electron chi connectivity index (χ0n) is 15.3. The van der Waals surface area contributed by atoms with E-state index in [4.69, 9.17) is 9.47 Å². The Morgan fingerprint density at radius 3 is 2.27 bits per heavy atom. The molecule has 2 amide bonds. The fourth-order valence-electron chi connectivity index (χ4n) is 2.43. The van der Waals surface area contributed by atoms with Crippen LogP contribution in [0.1, 0.15) is 24.2 Å². The molecule has 2 aromatic carbocycles. The van der Waals surface area contributed by atoms with E-state index >= 15 is 0 Å². The third-order valence-corrected chi connectivity index (χ3v) is 3.88. The predicted octanol–water partition coefficient (Wildman–Crippen LogP) is 3.19. The Kier molecular flexibility index (Phi) is 7.02. The number of hydrogen-bond donors (Lipinski definition) is 1. The van der Waals surface area contributed by atoms with E-state index in [1.165, 1.54) is 0 Å². The van der Waals surface area contributed by atoms with Crippen LogP contribution < -0.4 is 14.8 Å². The minimum atomic E-state index is -0.282. The first kappa shape index (κ1) is 19.3. The number of nitrogens with one attached hydrogen (secondary N) is 1. The largest absolute Gasteiger partial charge is 0.497 e. The van der Waals surface area contributed by atoms with Gasteiger partial charge in [0.2, 0.25) is 0 Å². The summed E-state index contributed by atoms with van der Waals surface area (Å²) in [5, 5.41) is 2.74. The first-order chi connectivity index (χ1) is 12.6. The molecule has 0 spiro atoms. The summed E-state index contributed by atoms with van der Waals surface area (Å²) in [5.41, 5.74) is 1.21. The highest BCUT2D eigenvalue weighted by Gasteiger charge is 2.12. The summed E-state index contributed by atoms with van der Waals surface area (Å²) in [4.78, 5) is 26.0. The van der Waals surface area contributed by atoms with Crippen LogP contribution in [0.15, 0.2) is 48.5 Å². The van der Waals surface area contributed by atoms with Gasteiger partial charge in [0.05, 0.1) is 7.11 Å². The van der Waals surface area contributed by atoms with Crippen molar-refractivity contribution in [2.75, 3.05) is 32.1 Å². The second-order valence-corrected chi connectivity index (χ2v) is 5.57. The van der Waals surface area contributed by atoms with Gasteiger partial charge in [0, 0.05) is 30.4 Å². The quantitative estimate of drug-likeness (QED) is 0.789. The molecular weight excluding hydrogens is 332 g/mol. The van der Waals surface area contributed by atoms with Gasteiger partial charge >= 0.3 is 0 Å². The average Bonchev–Trinajstić information content (AvgIpc) is 2.68. The molecule has 0 bridgehead atoms. The molecule has 1 N–H and O–H groups in total. The maximum Gasteiger partial charge on any atom is 0.262 e. The lowest BCUT2D eigenvalue weighted by atomic mass is 10.2. The Morgan fingerprint density at radius 2 is 1.65 bits per heavy atom. The van der Waals surface area contributed by atoms with Crippen molar-refractivity contribution < 1.29 is 19.1 Å². The lowest BCUT2D eigenvalue weighted by Crippen LogP contribution is -2.30. The molecule has 0 aliphatic carbocycles. The van der Waals surface area contributed by atoms with E-state index in [0.29, 0.717) is 35.8 Å². The summed E-state index contributed by atoms with van der Waals surface area (Å²) in [6.07, 6.45) is 0. The Balaban J connectivity index is 1.89. The number of carbonyl (C=O) groups is 2. The van der Waals surface area contributed by atoms with Gasteiger partial charge in [0.25, 0.3) is 11.8 Å². The summed E-state index contributed by atoms with van der Waals surface area (Å²) in [7, 11) is 1.57. The molecule has 138 valence electrons. The van der Waals surface area contributed by atoms with Gasteiger partial charge in [-0.3, -0.25) is 9.59 Å². The smallest absolute Gasteiger partial charge is 0.262 e. The van der Waals surface area contributed by atoms with E-state index in [-0.39, 0.29) is 18.4 Å². The summed E-state index contributed by atoms with van der Waals surface area (Å²) >= 11 is 0. The molecule has 0 saturated carbocycles. The molecule has 26 heavy (non-hydrogen) atoms. The molecule has 0 fully saturated rings. The van der Waals surface area contributed by atoms with Crippen molar-refractivity contribution in [2.24, 2.45) is 0 Å². The van der Waals surface area contributed by atoms with Crippen molar-refractivity contribution in [1.29, 1.82) is 0 Å². The Hall–Kier alpha value is -3.02. The van der Waals surface area contributed by atoms with E-state index in [9.17, 15) is 9.59 Å². The Labute approximate surface area is 153 Å². The maximum atomic E-state index is 12.3. The van der Waals surface area contributed by atoms with Crippen LogP contribution >= 0.6 is 0 Å². The standard InChI is InChI=1S/C20H24N2O4/c1-4-22(5-2)20(24)15-9-11-16(12-10-15)21-19(23)14-26-18-8-6-7-17(13-18)25-3/h6-13H,4-5,14H2,1-3H3,(H,21,23). The van der Waals surface area contributed by atoms with Crippen molar-refractivity contribution in [3.8, 4) is 11.5 Å². The number of anilines is 1. The Morgan fingerprint density at radius 1 is 1.00 bits per heavy atom. The highest BCUT2D eigenvalue weighted by Crippen LogP contribution is 2.19. The van der Waals surface area contributed by atoms with Crippen molar-refractivity contribution in [1.82, 2.24) is 4.90 Å². The molecule has 2 aromatic rings. The van der Waals surface area contributed by atoms with Crippen LogP contribution in [0.4, 0.5) is 5.69 Å². The van der Waals surface area contributed by atoms with E-state index in [1.807, 2.05) is 13.8 Å². The molecule has 0 unspecified atom stereocenters. The zero-order valence-corrected chi connectivity index (χ0v) is 15.3. The molecule has 0 aliphatic heterocycles. The van der Waals surface area contributed by atoms with Crippen LogP contribution in [0.5, 0.6) is 11.5 Å². The topological polar surface area (TPSA) is 67.9 Å². The normalized spacial score (nSPS) is 10.1.